The minimum atomic E-state index is -0.766. The van der Waals surface area contributed by atoms with Gasteiger partial charge in [0.25, 0.3) is 5.91 Å². The number of carbonyl (C=O) groups excluding carboxylic acids is 3. The summed E-state index contributed by atoms with van der Waals surface area (Å²) in [5, 5.41) is 2.86. The highest BCUT2D eigenvalue weighted by Crippen LogP contribution is 2.20. The lowest BCUT2D eigenvalue weighted by Crippen LogP contribution is -2.41. The number of nitrogens with one attached hydrogen (secondary N) is 1. The van der Waals surface area contributed by atoms with E-state index in [0.29, 0.717) is 42.4 Å². The van der Waals surface area contributed by atoms with Crippen LogP contribution >= 0.6 is 0 Å². The predicted octanol–water partition coefficient (Wildman–Crippen LogP) is 2.77. The summed E-state index contributed by atoms with van der Waals surface area (Å²) in [5.74, 6) is 0.510. The molecule has 1 aromatic carbocycles. The molecule has 1 aromatic rings. The van der Waals surface area contributed by atoms with E-state index in [1.165, 1.54) is 0 Å². The quantitative estimate of drug-likeness (QED) is 0.470. The first kappa shape index (κ1) is 20.5. The highest BCUT2D eigenvalue weighted by atomic mass is 16.7. The molecule has 1 N–H and O–H groups in total. The Bertz CT molecular complexity index is 691. The third-order valence-corrected chi connectivity index (χ3v) is 4.41. The topological polar surface area (TPSA) is 84.9 Å². The lowest BCUT2D eigenvalue weighted by atomic mass is 9.96. The summed E-state index contributed by atoms with van der Waals surface area (Å²) < 4.78 is 9.69. The Kier molecular flexibility index (Phi) is 7.40. The van der Waals surface area contributed by atoms with E-state index in [-0.39, 0.29) is 18.4 Å². The van der Waals surface area contributed by atoms with E-state index in [4.69, 9.17) is 9.47 Å². The molecule has 0 spiro atoms. The van der Waals surface area contributed by atoms with Crippen LogP contribution in [0.3, 0.4) is 0 Å². The van der Waals surface area contributed by atoms with Crippen LogP contribution in [-0.4, -0.2) is 49.1 Å². The summed E-state index contributed by atoms with van der Waals surface area (Å²) >= 11 is 0. The van der Waals surface area contributed by atoms with Crippen LogP contribution in [0.25, 0.3) is 0 Å². The van der Waals surface area contributed by atoms with Gasteiger partial charge in [0, 0.05) is 30.8 Å². The Morgan fingerprint density at radius 3 is 2.37 bits per heavy atom. The van der Waals surface area contributed by atoms with Crippen LogP contribution in [0.5, 0.6) is 5.75 Å². The minimum absolute atomic E-state index is 0.0536. The number of nitrogens with zero attached hydrogens (tertiary/aromatic N) is 1. The van der Waals surface area contributed by atoms with Crippen LogP contribution in [-0.2, 0) is 9.53 Å². The van der Waals surface area contributed by atoms with Gasteiger partial charge in [-0.1, -0.05) is 6.58 Å². The molecule has 7 heteroatoms. The van der Waals surface area contributed by atoms with Crippen LogP contribution in [0, 0.1) is 5.92 Å². The van der Waals surface area contributed by atoms with Crippen molar-refractivity contribution in [2.75, 3.05) is 26.2 Å². The van der Waals surface area contributed by atoms with Crippen LogP contribution in [0.1, 0.15) is 37.0 Å². The first-order valence-corrected chi connectivity index (χ1v) is 9.08. The summed E-state index contributed by atoms with van der Waals surface area (Å²) in [7, 11) is 0. The fourth-order valence-corrected chi connectivity index (χ4v) is 2.82. The molecule has 0 radical (unpaired) electrons. The van der Waals surface area contributed by atoms with Gasteiger partial charge in [-0.25, -0.2) is 4.79 Å². The average Bonchev–Trinajstić information content (AvgIpc) is 2.66. The number of likely N-dealkylation sites (tertiary alicyclic amines) is 1. The molecule has 0 unspecified atom stereocenters. The van der Waals surface area contributed by atoms with Gasteiger partial charge in [-0.05, 0) is 56.9 Å². The summed E-state index contributed by atoms with van der Waals surface area (Å²) in [6.07, 6.45) is 0.913. The lowest BCUT2D eigenvalue weighted by molar-refractivity contribution is -0.117. The Morgan fingerprint density at radius 1 is 1.19 bits per heavy atom. The number of piperidine rings is 1. The molecule has 1 fully saturated rings. The Hall–Kier alpha value is -2.83. The molecule has 1 saturated heterocycles. The molecule has 146 valence electrons. The zero-order chi connectivity index (χ0) is 19.8. The monoisotopic (exact) mass is 374 g/mol. The first-order valence-electron chi connectivity index (χ1n) is 9.08. The van der Waals surface area contributed by atoms with Crippen LogP contribution < -0.4 is 10.1 Å². The number of rotatable bonds is 6. The Morgan fingerprint density at radius 2 is 1.81 bits per heavy atom. The average molecular weight is 374 g/mol. The van der Waals surface area contributed by atoms with Gasteiger partial charge < -0.3 is 19.7 Å². The zero-order valence-electron chi connectivity index (χ0n) is 15.8. The van der Waals surface area contributed by atoms with Gasteiger partial charge in [-0.2, -0.15) is 0 Å². The molecule has 1 heterocycles. The van der Waals surface area contributed by atoms with E-state index < -0.39 is 6.16 Å². The van der Waals surface area contributed by atoms with Gasteiger partial charge in [0.05, 0.1) is 6.61 Å². The molecule has 0 atom stereocenters. The number of hydrogen-bond acceptors (Lipinski definition) is 5. The highest BCUT2D eigenvalue weighted by molar-refractivity contribution is 5.94. The smallest absolute Gasteiger partial charge is 0.434 e. The van der Waals surface area contributed by atoms with Gasteiger partial charge in [-0.3, -0.25) is 9.59 Å². The van der Waals surface area contributed by atoms with E-state index in [1.807, 2.05) is 0 Å². The number of ether oxygens (including phenoxy) is 2. The Labute approximate surface area is 159 Å². The maximum atomic E-state index is 12.6. The maximum absolute atomic E-state index is 12.6. The Balaban J connectivity index is 1.82. The molecule has 2 rings (SSSR count). The maximum Gasteiger partial charge on any atom is 0.513 e. The fourth-order valence-electron chi connectivity index (χ4n) is 2.82. The van der Waals surface area contributed by atoms with E-state index in [9.17, 15) is 14.4 Å². The second-order valence-electron chi connectivity index (χ2n) is 6.54. The highest BCUT2D eigenvalue weighted by Gasteiger charge is 2.24. The molecule has 0 saturated carbocycles. The van der Waals surface area contributed by atoms with Crippen LogP contribution in [0.4, 0.5) is 4.79 Å². The predicted molar refractivity (Wildman–Crippen MR) is 101 cm³/mol. The molecule has 1 aliphatic rings. The standard InChI is InChI=1S/C20H26N2O5/c1-4-26-20(25)27-17-7-5-16(6-8-17)19(24)22-11-9-15(10-12-22)13-21-18(23)14(2)3/h5-8,15H,2,4,9-13H2,1,3H3,(H,21,23). The van der Waals surface area contributed by atoms with E-state index in [1.54, 1.807) is 43.0 Å². The van der Waals surface area contributed by atoms with Gasteiger partial charge in [0.2, 0.25) is 5.91 Å². The van der Waals surface area contributed by atoms with Crippen molar-refractivity contribution in [1.82, 2.24) is 10.2 Å². The van der Waals surface area contributed by atoms with Crippen molar-refractivity contribution in [2.24, 2.45) is 5.92 Å². The largest absolute Gasteiger partial charge is 0.513 e. The molecule has 1 aliphatic heterocycles. The van der Waals surface area contributed by atoms with Crippen molar-refractivity contribution in [3.63, 3.8) is 0 Å². The van der Waals surface area contributed by atoms with Gasteiger partial charge in [0.1, 0.15) is 5.75 Å². The SMILES string of the molecule is C=C(C)C(=O)NCC1CCN(C(=O)c2ccc(OC(=O)OCC)cc2)CC1. The lowest BCUT2D eigenvalue weighted by Gasteiger charge is -2.32. The minimum Gasteiger partial charge on any atom is -0.434 e. The molecule has 0 bridgehead atoms. The molecular formula is C20H26N2O5. The summed E-state index contributed by atoms with van der Waals surface area (Å²) in [6, 6.07) is 6.42. The molecule has 0 aliphatic carbocycles. The van der Waals surface area contributed by atoms with Gasteiger partial charge in [-0.15, -0.1) is 0 Å². The van der Waals surface area contributed by atoms with E-state index >= 15 is 0 Å². The molecule has 27 heavy (non-hydrogen) atoms. The molecule has 0 aromatic heterocycles. The summed E-state index contributed by atoms with van der Waals surface area (Å²) in [4.78, 5) is 37.3. The third kappa shape index (κ3) is 6.13. The second-order valence-corrected chi connectivity index (χ2v) is 6.54. The van der Waals surface area contributed by atoms with Crippen molar-refractivity contribution in [2.45, 2.75) is 26.7 Å². The van der Waals surface area contributed by atoms with Crippen LogP contribution in [0.2, 0.25) is 0 Å². The van der Waals surface area contributed by atoms with Crippen molar-refractivity contribution in [3.05, 3.63) is 42.0 Å². The molecule has 2 amide bonds. The van der Waals surface area contributed by atoms with Crippen molar-refractivity contribution in [3.8, 4) is 5.75 Å². The number of benzene rings is 1. The zero-order valence-corrected chi connectivity index (χ0v) is 15.8. The van der Waals surface area contributed by atoms with Crippen molar-refractivity contribution >= 4 is 18.0 Å². The summed E-state index contributed by atoms with van der Waals surface area (Å²) in [6.45, 7) is 9.13. The van der Waals surface area contributed by atoms with E-state index in [0.717, 1.165) is 12.8 Å². The summed E-state index contributed by atoms with van der Waals surface area (Å²) in [5.41, 5.74) is 1.04. The number of carbonyl (C=O) groups is 3. The first-order chi connectivity index (χ1) is 12.9. The number of hydrogen-bond donors (Lipinski definition) is 1. The van der Waals surface area contributed by atoms with Crippen molar-refractivity contribution < 1.29 is 23.9 Å². The molecular weight excluding hydrogens is 348 g/mol. The normalized spacial score (nSPS) is 14.4. The molecule has 7 nitrogen and oxygen atoms in total. The second kappa shape index (κ2) is 9.75. The van der Waals surface area contributed by atoms with Gasteiger partial charge >= 0.3 is 6.16 Å². The number of amides is 2. The van der Waals surface area contributed by atoms with Crippen LogP contribution in [0.15, 0.2) is 36.4 Å². The van der Waals surface area contributed by atoms with Gasteiger partial charge in [0.15, 0.2) is 0 Å². The van der Waals surface area contributed by atoms with Crippen molar-refractivity contribution in [1.29, 1.82) is 0 Å². The van der Waals surface area contributed by atoms with E-state index in [2.05, 4.69) is 11.9 Å². The third-order valence-electron chi connectivity index (χ3n) is 4.41. The fraction of sp³-hybridized carbons (Fsp3) is 0.450.